The Morgan fingerprint density at radius 3 is 2.95 bits per heavy atom. The molecule has 1 N–H and O–H groups in total. The molecule has 4 rings (SSSR count). The first-order valence-corrected chi connectivity index (χ1v) is 8.26. The zero-order valence-electron chi connectivity index (χ0n) is 11.2. The fourth-order valence-corrected chi connectivity index (χ4v) is 3.42. The summed E-state index contributed by atoms with van der Waals surface area (Å²) < 4.78 is 10.7. The van der Waals surface area contributed by atoms with E-state index in [9.17, 15) is 4.79 Å². The lowest BCUT2D eigenvalue weighted by atomic mass is 10.1. The summed E-state index contributed by atoms with van der Waals surface area (Å²) in [6.07, 6.45) is 0. The minimum absolute atomic E-state index is 0.137. The fourth-order valence-electron chi connectivity index (χ4n) is 2.09. The third-order valence-corrected chi connectivity index (χ3v) is 4.76. The number of amides is 1. The quantitative estimate of drug-likeness (QED) is 0.792. The number of nitrogens with one attached hydrogen (secondary N) is 1. The number of hydrogen-bond donors (Lipinski definition) is 1. The normalized spacial score (nSPS) is 12.4. The third kappa shape index (κ3) is 2.44. The molecule has 0 fully saturated rings. The van der Waals surface area contributed by atoms with Crippen molar-refractivity contribution in [2.24, 2.45) is 0 Å². The first-order valence-electron chi connectivity index (χ1n) is 6.50. The SMILES string of the molecule is O=C(Nc1nc(-c2ccc3c(c2)OCO3)cs1)c1cccs1. The maximum Gasteiger partial charge on any atom is 0.267 e. The fraction of sp³-hybridized carbons (Fsp3) is 0.0667. The minimum atomic E-state index is -0.137. The molecule has 0 spiro atoms. The average Bonchev–Trinajstić information content (AvgIpc) is 3.27. The van der Waals surface area contributed by atoms with E-state index in [-0.39, 0.29) is 12.7 Å². The zero-order chi connectivity index (χ0) is 14.9. The van der Waals surface area contributed by atoms with Crippen LogP contribution in [0.2, 0.25) is 0 Å². The lowest BCUT2D eigenvalue weighted by Gasteiger charge is -2.00. The molecule has 110 valence electrons. The smallest absolute Gasteiger partial charge is 0.267 e. The van der Waals surface area contributed by atoms with Crippen molar-refractivity contribution >= 4 is 33.7 Å². The molecule has 1 amide bonds. The summed E-state index contributed by atoms with van der Waals surface area (Å²) in [7, 11) is 0. The second-order valence-electron chi connectivity index (χ2n) is 4.54. The van der Waals surface area contributed by atoms with Crippen molar-refractivity contribution in [1.82, 2.24) is 4.98 Å². The Morgan fingerprint density at radius 1 is 1.18 bits per heavy atom. The highest BCUT2D eigenvalue weighted by Crippen LogP contribution is 2.36. The predicted octanol–water partition coefficient (Wildman–Crippen LogP) is 3.85. The van der Waals surface area contributed by atoms with Gasteiger partial charge in [-0.15, -0.1) is 22.7 Å². The van der Waals surface area contributed by atoms with Crippen molar-refractivity contribution < 1.29 is 14.3 Å². The Hall–Kier alpha value is -2.38. The molecule has 3 heterocycles. The van der Waals surface area contributed by atoms with Gasteiger partial charge in [0.15, 0.2) is 16.6 Å². The number of hydrogen-bond acceptors (Lipinski definition) is 6. The molecule has 3 aromatic rings. The molecule has 0 aliphatic carbocycles. The van der Waals surface area contributed by atoms with Gasteiger partial charge < -0.3 is 9.47 Å². The number of benzene rings is 1. The van der Waals surface area contributed by atoms with E-state index in [0.717, 1.165) is 22.8 Å². The van der Waals surface area contributed by atoms with E-state index in [0.29, 0.717) is 10.0 Å². The van der Waals surface area contributed by atoms with Crippen LogP contribution in [-0.4, -0.2) is 17.7 Å². The monoisotopic (exact) mass is 330 g/mol. The maximum absolute atomic E-state index is 12.0. The predicted molar refractivity (Wildman–Crippen MR) is 85.9 cm³/mol. The number of nitrogens with zero attached hydrogens (tertiary/aromatic N) is 1. The van der Waals surface area contributed by atoms with Gasteiger partial charge in [0.1, 0.15) is 0 Å². The van der Waals surface area contributed by atoms with Gasteiger partial charge in [-0.3, -0.25) is 10.1 Å². The second-order valence-corrected chi connectivity index (χ2v) is 6.34. The number of rotatable bonds is 3. The Morgan fingerprint density at radius 2 is 2.09 bits per heavy atom. The molecule has 22 heavy (non-hydrogen) atoms. The summed E-state index contributed by atoms with van der Waals surface area (Å²) in [6, 6.07) is 9.31. The van der Waals surface area contributed by atoms with Gasteiger partial charge in [0.25, 0.3) is 5.91 Å². The highest BCUT2D eigenvalue weighted by molar-refractivity contribution is 7.14. The molecular weight excluding hydrogens is 320 g/mol. The Kier molecular flexibility index (Phi) is 3.28. The molecule has 0 radical (unpaired) electrons. The minimum Gasteiger partial charge on any atom is -0.454 e. The molecule has 1 aliphatic rings. The molecule has 7 heteroatoms. The van der Waals surface area contributed by atoms with Gasteiger partial charge in [-0.2, -0.15) is 0 Å². The summed E-state index contributed by atoms with van der Waals surface area (Å²) in [5, 5.41) is 7.16. The number of fused-ring (bicyclic) bond motifs is 1. The Bertz CT molecular complexity index is 827. The van der Waals surface area contributed by atoms with Crippen molar-refractivity contribution in [1.29, 1.82) is 0 Å². The maximum atomic E-state index is 12.0. The molecule has 0 unspecified atom stereocenters. The average molecular weight is 330 g/mol. The second kappa shape index (κ2) is 5.43. The van der Waals surface area contributed by atoms with Gasteiger partial charge >= 0.3 is 0 Å². The number of thiazole rings is 1. The van der Waals surface area contributed by atoms with Crippen LogP contribution >= 0.6 is 22.7 Å². The number of thiophene rings is 1. The third-order valence-electron chi connectivity index (χ3n) is 3.14. The molecule has 5 nitrogen and oxygen atoms in total. The number of carbonyl (C=O) groups is 1. The Labute approximate surface area is 134 Å². The lowest BCUT2D eigenvalue weighted by molar-refractivity contribution is 0.103. The largest absolute Gasteiger partial charge is 0.454 e. The molecule has 1 aromatic carbocycles. The summed E-state index contributed by atoms with van der Waals surface area (Å²) >= 11 is 2.79. The number of ether oxygens (including phenoxy) is 2. The van der Waals surface area contributed by atoms with Crippen molar-refractivity contribution in [3.05, 3.63) is 46.0 Å². The van der Waals surface area contributed by atoms with Crippen LogP contribution in [0.15, 0.2) is 41.1 Å². The van der Waals surface area contributed by atoms with Crippen molar-refractivity contribution in [3.63, 3.8) is 0 Å². The molecular formula is C15H10N2O3S2. The molecule has 0 saturated heterocycles. The van der Waals surface area contributed by atoms with Gasteiger partial charge in [0.05, 0.1) is 10.6 Å². The molecule has 1 aliphatic heterocycles. The van der Waals surface area contributed by atoms with Crippen molar-refractivity contribution in [2.45, 2.75) is 0 Å². The van der Waals surface area contributed by atoms with Crippen LogP contribution in [0, 0.1) is 0 Å². The van der Waals surface area contributed by atoms with Crippen molar-refractivity contribution in [3.8, 4) is 22.8 Å². The van der Waals surface area contributed by atoms with Crippen LogP contribution in [0.25, 0.3) is 11.3 Å². The molecule has 0 bridgehead atoms. The number of carbonyl (C=O) groups excluding carboxylic acids is 1. The van der Waals surface area contributed by atoms with E-state index in [2.05, 4.69) is 10.3 Å². The van der Waals surface area contributed by atoms with E-state index in [1.807, 2.05) is 35.0 Å². The first-order chi connectivity index (χ1) is 10.8. The van der Waals surface area contributed by atoms with Gasteiger partial charge in [-0.1, -0.05) is 6.07 Å². The molecule has 0 atom stereocenters. The highest BCUT2D eigenvalue weighted by Gasteiger charge is 2.16. The van der Waals surface area contributed by atoms with Crippen LogP contribution in [-0.2, 0) is 0 Å². The van der Waals surface area contributed by atoms with Gasteiger partial charge in [-0.25, -0.2) is 4.98 Å². The van der Waals surface area contributed by atoms with E-state index in [4.69, 9.17) is 9.47 Å². The summed E-state index contributed by atoms with van der Waals surface area (Å²) in [5.74, 6) is 1.32. The van der Waals surface area contributed by atoms with Crippen LogP contribution in [0.5, 0.6) is 11.5 Å². The van der Waals surface area contributed by atoms with Crippen LogP contribution < -0.4 is 14.8 Å². The number of anilines is 1. The number of aromatic nitrogens is 1. The van der Waals surface area contributed by atoms with Gasteiger partial charge in [-0.05, 0) is 29.6 Å². The summed E-state index contributed by atoms with van der Waals surface area (Å²) in [4.78, 5) is 17.1. The van der Waals surface area contributed by atoms with E-state index >= 15 is 0 Å². The standard InChI is InChI=1S/C15H10N2O3S2/c18-14(13-2-1-5-21-13)17-15-16-10(7-22-15)9-3-4-11-12(6-9)20-8-19-11/h1-7H,8H2,(H,16,17,18). The van der Waals surface area contributed by atoms with E-state index in [1.165, 1.54) is 22.7 Å². The Balaban J connectivity index is 1.55. The lowest BCUT2D eigenvalue weighted by Crippen LogP contribution is -2.09. The zero-order valence-corrected chi connectivity index (χ0v) is 12.9. The van der Waals surface area contributed by atoms with Gasteiger partial charge in [0, 0.05) is 10.9 Å². The van der Waals surface area contributed by atoms with Crippen molar-refractivity contribution in [2.75, 3.05) is 12.1 Å². The van der Waals surface area contributed by atoms with Crippen LogP contribution in [0.4, 0.5) is 5.13 Å². The summed E-state index contributed by atoms with van der Waals surface area (Å²) in [6.45, 7) is 0.248. The first kappa shape index (κ1) is 13.3. The topological polar surface area (TPSA) is 60.5 Å². The van der Waals surface area contributed by atoms with Gasteiger partial charge in [0.2, 0.25) is 6.79 Å². The highest BCUT2D eigenvalue weighted by atomic mass is 32.1. The molecule has 0 saturated carbocycles. The van der Waals surface area contributed by atoms with E-state index in [1.54, 1.807) is 6.07 Å². The van der Waals surface area contributed by atoms with Crippen LogP contribution in [0.1, 0.15) is 9.67 Å². The van der Waals surface area contributed by atoms with Crippen LogP contribution in [0.3, 0.4) is 0 Å². The van der Waals surface area contributed by atoms with E-state index < -0.39 is 0 Å². The summed E-state index contributed by atoms with van der Waals surface area (Å²) in [5.41, 5.74) is 1.72. The molecule has 2 aromatic heterocycles.